The average molecular weight is 618 g/mol. The largest absolute Gasteiger partial charge is 0.394 e. The Hall–Kier alpha value is -1.39. The second-order valence-corrected chi connectivity index (χ2v) is 13.0. The van der Waals surface area contributed by atoms with Crippen LogP contribution in [0.3, 0.4) is 0 Å². The molecule has 0 radical (unpaired) electrons. The first-order valence-corrected chi connectivity index (χ1v) is 19.2. The summed E-state index contributed by atoms with van der Waals surface area (Å²) in [5.74, 6) is -0.0779. The molecular weight excluding hydrogens is 542 g/mol. The van der Waals surface area contributed by atoms with E-state index in [9.17, 15) is 15.0 Å². The zero-order chi connectivity index (χ0) is 32.2. The van der Waals surface area contributed by atoms with Gasteiger partial charge in [0.05, 0.1) is 18.8 Å². The van der Waals surface area contributed by atoms with E-state index in [2.05, 4.69) is 43.5 Å². The monoisotopic (exact) mass is 618 g/mol. The predicted octanol–water partition coefficient (Wildman–Crippen LogP) is 11.5. The molecule has 0 fully saturated rings. The van der Waals surface area contributed by atoms with Crippen LogP contribution in [0.25, 0.3) is 0 Å². The molecule has 0 aliphatic rings. The zero-order valence-electron chi connectivity index (χ0n) is 29.4. The number of aliphatic hydroxyl groups is 2. The van der Waals surface area contributed by atoms with Crippen molar-refractivity contribution in [3.05, 3.63) is 36.5 Å². The van der Waals surface area contributed by atoms with Gasteiger partial charge in [0.25, 0.3) is 0 Å². The van der Waals surface area contributed by atoms with Gasteiger partial charge >= 0.3 is 0 Å². The summed E-state index contributed by atoms with van der Waals surface area (Å²) in [5, 5.41) is 22.9. The Morgan fingerprint density at radius 3 is 1.32 bits per heavy atom. The van der Waals surface area contributed by atoms with E-state index in [0.29, 0.717) is 6.42 Å². The van der Waals surface area contributed by atoms with Crippen molar-refractivity contribution in [2.75, 3.05) is 6.61 Å². The molecule has 0 spiro atoms. The molecule has 0 aliphatic carbocycles. The molecule has 3 N–H and O–H groups in total. The van der Waals surface area contributed by atoms with E-state index in [0.717, 1.165) is 32.1 Å². The highest BCUT2D eigenvalue weighted by Gasteiger charge is 2.17. The van der Waals surface area contributed by atoms with Gasteiger partial charge in [-0.2, -0.15) is 0 Å². The van der Waals surface area contributed by atoms with Crippen molar-refractivity contribution in [2.24, 2.45) is 0 Å². The zero-order valence-corrected chi connectivity index (χ0v) is 29.4. The van der Waals surface area contributed by atoms with Crippen LogP contribution in [0, 0.1) is 0 Å². The van der Waals surface area contributed by atoms with Crippen LogP contribution < -0.4 is 5.32 Å². The van der Waals surface area contributed by atoms with Crippen LogP contribution >= 0.6 is 0 Å². The van der Waals surface area contributed by atoms with Gasteiger partial charge < -0.3 is 15.5 Å². The van der Waals surface area contributed by atoms with Crippen LogP contribution in [0.1, 0.15) is 194 Å². The Labute approximate surface area is 274 Å². The molecule has 1 amide bonds. The van der Waals surface area contributed by atoms with E-state index in [-0.39, 0.29) is 12.5 Å². The van der Waals surface area contributed by atoms with Crippen LogP contribution in [0.15, 0.2) is 36.5 Å². The van der Waals surface area contributed by atoms with Crippen molar-refractivity contribution in [1.82, 2.24) is 5.32 Å². The van der Waals surface area contributed by atoms with E-state index < -0.39 is 12.1 Å². The fraction of sp³-hybridized carbons (Fsp3) is 0.825. The first-order valence-electron chi connectivity index (χ1n) is 19.2. The molecule has 0 saturated carbocycles. The molecule has 0 bridgehead atoms. The number of hydrogen-bond donors (Lipinski definition) is 3. The second kappa shape index (κ2) is 36.1. The minimum Gasteiger partial charge on any atom is -0.394 e. The van der Waals surface area contributed by atoms with E-state index in [1.54, 1.807) is 6.08 Å². The topological polar surface area (TPSA) is 69.6 Å². The highest BCUT2D eigenvalue weighted by Crippen LogP contribution is 2.13. The molecule has 0 rings (SSSR count). The maximum absolute atomic E-state index is 12.3. The Kier molecular flexibility index (Phi) is 34.9. The first-order chi connectivity index (χ1) is 21.7. The van der Waals surface area contributed by atoms with Gasteiger partial charge in [0, 0.05) is 6.42 Å². The number of carbonyl (C=O) groups is 1. The molecule has 0 aromatic rings. The van der Waals surface area contributed by atoms with Gasteiger partial charge in [0.15, 0.2) is 0 Å². The summed E-state index contributed by atoms with van der Waals surface area (Å²) in [4.78, 5) is 12.3. The van der Waals surface area contributed by atoms with Gasteiger partial charge in [-0.3, -0.25) is 4.79 Å². The molecule has 0 aromatic heterocycles. The molecule has 0 aliphatic heterocycles. The molecule has 0 aromatic carbocycles. The Morgan fingerprint density at radius 1 is 0.523 bits per heavy atom. The van der Waals surface area contributed by atoms with Crippen LogP contribution in [0.5, 0.6) is 0 Å². The molecule has 258 valence electrons. The molecular formula is C40H75NO3. The van der Waals surface area contributed by atoms with E-state index in [1.165, 1.54) is 141 Å². The third-order valence-corrected chi connectivity index (χ3v) is 8.60. The summed E-state index contributed by atoms with van der Waals surface area (Å²) in [6.07, 6.45) is 46.6. The lowest BCUT2D eigenvalue weighted by Crippen LogP contribution is -2.45. The summed E-state index contributed by atoms with van der Waals surface area (Å²) >= 11 is 0. The highest BCUT2D eigenvalue weighted by atomic mass is 16.3. The van der Waals surface area contributed by atoms with E-state index in [1.807, 2.05) is 6.08 Å². The molecule has 2 atom stereocenters. The molecule has 4 nitrogen and oxygen atoms in total. The maximum atomic E-state index is 12.3. The number of hydrogen-bond acceptors (Lipinski definition) is 3. The number of carbonyl (C=O) groups excluding carboxylic acids is 1. The first kappa shape index (κ1) is 42.6. The van der Waals surface area contributed by atoms with Crippen molar-refractivity contribution >= 4 is 5.91 Å². The number of allylic oxidation sites excluding steroid dienone is 5. The van der Waals surface area contributed by atoms with Gasteiger partial charge in [-0.1, -0.05) is 166 Å². The average Bonchev–Trinajstić information content (AvgIpc) is 3.03. The summed E-state index contributed by atoms with van der Waals surface area (Å²) in [5.41, 5.74) is 0. The van der Waals surface area contributed by atoms with E-state index >= 15 is 0 Å². The fourth-order valence-corrected chi connectivity index (χ4v) is 5.60. The third-order valence-electron chi connectivity index (χ3n) is 8.60. The van der Waals surface area contributed by atoms with Crippen molar-refractivity contribution in [2.45, 2.75) is 206 Å². The smallest absolute Gasteiger partial charge is 0.220 e. The number of unbranched alkanes of at least 4 members (excludes halogenated alkanes) is 23. The summed E-state index contributed by atoms with van der Waals surface area (Å²) in [7, 11) is 0. The number of rotatable bonds is 34. The van der Waals surface area contributed by atoms with Crippen LogP contribution in [0.4, 0.5) is 0 Å². The Balaban J connectivity index is 3.63. The molecule has 0 heterocycles. The molecule has 44 heavy (non-hydrogen) atoms. The fourth-order valence-electron chi connectivity index (χ4n) is 5.60. The standard InChI is InChI=1S/C40H75NO3/c1-3-5-7-9-11-13-15-17-18-19-20-21-22-24-26-28-30-32-34-36-40(44)41-38(37-42)39(43)35-33-31-29-27-25-23-16-14-12-10-8-6-4-2/h17-18,25,27,33,35,38-39,42-43H,3-16,19-24,26,28-32,34,36-37H2,1-2H3,(H,41,44)/b18-17+,27-25+,35-33+/t38-,39+/m0/s1. The summed E-state index contributed by atoms with van der Waals surface area (Å²) in [6.45, 7) is 4.27. The Bertz CT molecular complexity index is 672. The van der Waals surface area contributed by atoms with Crippen molar-refractivity contribution in [3.8, 4) is 0 Å². The van der Waals surface area contributed by atoms with Gasteiger partial charge in [0.2, 0.25) is 5.91 Å². The second-order valence-electron chi connectivity index (χ2n) is 13.0. The van der Waals surface area contributed by atoms with Crippen molar-refractivity contribution in [1.29, 1.82) is 0 Å². The van der Waals surface area contributed by atoms with Gasteiger partial charge in [-0.15, -0.1) is 0 Å². The molecule has 0 unspecified atom stereocenters. The Morgan fingerprint density at radius 2 is 0.886 bits per heavy atom. The lowest BCUT2D eigenvalue weighted by atomic mass is 10.0. The van der Waals surface area contributed by atoms with E-state index in [4.69, 9.17) is 0 Å². The van der Waals surface area contributed by atoms with Crippen LogP contribution in [-0.2, 0) is 4.79 Å². The SMILES string of the molecule is CCCCCCCC/C=C/CCCCCCCCCCCC(=O)N[C@@H](CO)[C@H](O)/C=C/CC/C=C/CCCCCCCCC. The summed E-state index contributed by atoms with van der Waals surface area (Å²) < 4.78 is 0. The van der Waals surface area contributed by atoms with Crippen LogP contribution in [-0.4, -0.2) is 34.9 Å². The maximum Gasteiger partial charge on any atom is 0.220 e. The number of amides is 1. The minimum absolute atomic E-state index is 0.0779. The van der Waals surface area contributed by atoms with Crippen LogP contribution in [0.2, 0.25) is 0 Å². The normalized spacial score (nSPS) is 13.5. The minimum atomic E-state index is -0.859. The molecule has 0 saturated heterocycles. The number of nitrogens with one attached hydrogen (secondary N) is 1. The van der Waals surface area contributed by atoms with Crippen molar-refractivity contribution < 1.29 is 15.0 Å². The lowest BCUT2D eigenvalue weighted by Gasteiger charge is -2.19. The predicted molar refractivity (Wildman–Crippen MR) is 193 cm³/mol. The highest BCUT2D eigenvalue weighted by molar-refractivity contribution is 5.76. The third kappa shape index (κ3) is 32.0. The quantitative estimate of drug-likeness (QED) is 0.0497. The summed E-state index contributed by atoms with van der Waals surface area (Å²) in [6, 6.07) is -0.637. The molecule has 4 heteroatoms. The van der Waals surface area contributed by atoms with Gasteiger partial charge in [-0.05, 0) is 57.8 Å². The number of aliphatic hydroxyl groups excluding tert-OH is 2. The lowest BCUT2D eigenvalue weighted by molar-refractivity contribution is -0.123. The van der Waals surface area contributed by atoms with Gasteiger partial charge in [-0.25, -0.2) is 0 Å². The van der Waals surface area contributed by atoms with Gasteiger partial charge in [0.1, 0.15) is 0 Å². The van der Waals surface area contributed by atoms with Crippen molar-refractivity contribution in [3.63, 3.8) is 0 Å².